The zero-order valence-corrected chi connectivity index (χ0v) is 18.0. The van der Waals surface area contributed by atoms with Crippen LogP contribution in [0.3, 0.4) is 0 Å². The zero-order chi connectivity index (χ0) is 21.8. The van der Waals surface area contributed by atoms with Gasteiger partial charge in [0, 0.05) is 19.6 Å². The Morgan fingerprint density at radius 2 is 1.83 bits per heavy atom. The number of nitrogens with zero attached hydrogens (tertiary/aromatic N) is 1. The Kier molecular flexibility index (Phi) is 6.77. The van der Waals surface area contributed by atoms with Crippen LogP contribution in [-0.2, 0) is 21.4 Å². The number of nitrogens with one attached hydrogen (secondary N) is 1. The molecule has 1 N–H and O–H groups in total. The zero-order valence-electron chi connectivity index (χ0n) is 17.2. The average molecular weight is 435 g/mol. The second-order valence-electron chi connectivity index (χ2n) is 7.72. The summed E-state index contributed by atoms with van der Waals surface area (Å²) in [7, 11) is -3.71. The number of amides is 1. The minimum atomic E-state index is -3.71. The lowest BCUT2D eigenvalue weighted by Crippen LogP contribution is -2.51. The molecule has 0 saturated carbocycles. The second kappa shape index (κ2) is 9.14. The van der Waals surface area contributed by atoms with Crippen LogP contribution in [0, 0.1) is 11.2 Å². The molecule has 1 amide bonds. The van der Waals surface area contributed by atoms with Gasteiger partial charge in [0.05, 0.1) is 16.9 Å². The number of halogens is 1. The predicted molar refractivity (Wildman–Crippen MR) is 112 cm³/mol. The summed E-state index contributed by atoms with van der Waals surface area (Å²) in [6, 6.07) is 12.2. The molecule has 1 saturated heterocycles. The van der Waals surface area contributed by atoms with Crippen LogP contribution in [0.1, 0.15) is 32.3 Å². The Labute approximate surface area is 177 Å². The van der Waals surface area contributed by atoms with Gasteiger partial charge in [0.2, 0.25) is 15.9 Å². The lowest BCUT2D eigenvalue weighted by molar-refractivity contribution is -0.132. The second-order valence-corrected chi connectivity index (χ2v) is 9.65. The van der Waals surface area contributed by atoms with Crippen molar-refractivity contribution >= 4 is 15.9 Å². The van der Waals surface area contributed by atoms with E-state index in [2.05, 4.69) is 5.32 Å². The van der Waals surface area contributed by atoms with Gasteiger partial charge in [-0.25, -0.2) is 12.8 Å². The first kappa shape index (κ1) is 22.2. The molecule has 1 atom stereocenters. The molecule has 162 valence electrons. The van der Waals surface area contributed by atoms with Crippen molar-refractivity contribution in [2.24, 2.45) is 5.41 Å². The highest BCUT2D eigenvalue weighted by atomic mass is 32.2. The highest BCUT2D eigenvalue weighted by Gasteiger charge is 2.41. The van der Waals surface area contributed by atoms with Crippen molar-refractivity contribution in [2.75, 3.05) is 19.7 Å². The van der Waals surface area contributed by atoms with Gasteiger partial charge in [-0.2, -0.15) is 4.31 Å². The Morgan fingerprint density at radius 3 is 2.47 bits per heavy atom. The maximum Gasteiger partial charge on any atom is 0.243 e. The average Bonchev–Trinajstić information content (AvgIpc) is 2.74. The molecule has 8 heteroatoms. The molecule has 30 heavy (non-hydrogen) atoms. The van der Waals surface area contributed by atoms with E-state index in [1.54, 1.807) is 31.2 Å². The van der Waals surface area contributed by atoms with Crippen molar-refractivity contribution in [3.05, 3.63) is 59.9 Å². The van der Waals surface area contributed by atoms with Crippen molar-refractivity contribution in [1.82, 2.24) is 9.62 Å². The summed E-state index contributed by atoms with van der Waals surface area (Å²) >= 11 is 0. The fourth-order valence-corrected chi connectivity index (χ4v) is 5.21. The van der Waals surface area contributed by atoms with Gasteiger partial charge in [-0.1, -0.05) is 12.1 Å². The maximum atomic E-state index is 13.1. The SMILES string of the molecule is CCOc1ccc(S(=O)(=O)N2CCCC(C)(C(=O)NCc3ccc(F)cc3)C2)cc1. The first-order valence-corrected chi connectivity index (χ1v) is 11.4. The van der Waals surface area contributed by atoms with Crippen LogP contribution in [0.25, 0.3) is 0 Å². The molecule has 1 aliphatic rings. The number of ether oxygens (including phenoxy) is 1. The Balaban J connectivity index is 1.69. The molecular weight excluding hydrogens is 407 g/mol. The molecule has 0 spiro atoms. The lowest BCUT2D eigenvalue weighted by atomic mass is 9.82. The van der Waals surface area contributed by atoms with E-state index < -0.39 is 15.4 Å². The first-order valence-electron chi connectivity index (χ1n) is 10.0. The standard InChI is InChI=1S/C22H27FN2O4S/c1-3-29-19-9-11-20(12-10-19)30(27,28)25-14-4-13-22(2,16-25)21(26)24-15-17-5-7-18(23)8-6-17/h5-12H,3-4,13-16H2,1-2H3,(H,24,26). The van der Waals surface area contributed by atoms with Gasteiger partial charge in [0.1, 0.15) is 11.6 Å². The summed E-state index contributed by atoms with van der Waals surface area (Å²) in [5.41, 5.74) is -0.0561. The Morgan fingerprint density at radius 1 is 1.17 bits per heavy atom. The summed E-state index contributed by atoms with van der Waals surface area (Å²) in [4.78, 5) is 13.0. The van der Waals surface area contributed by atoms with Gasteiger partial charge in [-0.15, -0.1) is 0 Å². The summed E-state index contributed by atoms with van der Waals surface area (Å²) in [6.45, 7) is 4.89. The van der Waals surface area contributed by atoms with Gasteiger partial charge in [-0.3, -0.25) is 4.79 Å². The van der Waals surface area contributed by atoms with E-state index in [-0.39, 0.29) is 29.7 Å². The van der Waals surface area contributed by atoms with E-state index in [0.717, 1.165) is 5.56 Å². The number of hydrogen-bond donors (Lipinski definition) is 1. The summed E-state index contributed by atoms with van der Waals surface area (Å²) < 4.78 is 46.0. The number of carbonyl (C=O) groups is 1. The van der Waals surface area contributed by atoms with Crippen molar-refractivity contribution in [3.8, 4) is 5.75 Å². The molecular formula is C22H27FN2O4S. The molecule has 1 fully saturated rings. The number of sulfonamides is 1. The Hall–Kier alpha value is -2.45. The summed E-state index contributed by atoms with van der Waals surface area (Å²) in [5.74, 6) is 0.0676. The van der Waals surface area contributed by atoms with Gasteiger partial charge in [0.15, 0.2) is 0 Å². The molecule has 2 aromatic carbocycles. The maximum absolute atomic E-state index is 13.1. The quantitative estimate of drug-likeness (QED) is 0.725. The van der Waals surface area contributed by atoms with Crippen LogP contribution in [0.4, 0.5) is 4.39 Å². The highest BCUT2D eigenvalue weighted by molar-refractivity contribution is 7.89. The van der Waals surface area contributed by atoms with Crippen LogP contribution in [0.15, 0.2) is 53.4 Å². The van der Waals surface area contributed by atoms with E-state index in [1.807, 2.05) is 6.92 Å². The molecule has 6 nitrogen and oxygen atoms in total. The van der Waals surface area contributed by atoms with Gasteiger partial charge in [0.25, 0.3) is 0 Å². The topological polar surface area (TPSA) is 75.7 Å². The number of benzene rings is 2. The van der Waals surface area contributed by atoms with Crippen molar-refractivity contribution in [1.29, 1.82) is 0 Å². The van der Waals surface area contributed by atoms with E-state index in [1.165, 1.54) is 28.6 Å². The Bertz CT molecular complexity index is 977. The third kappa shape index (κ3) is 4.99. The monoisotopic (exact) mass is 434 g/mol. The molecule has 1 unspecified atom stereocenters. The normalized spacial score (nSPS) is 20.0. The van der Waals surface area contributed by atoms with Crippen LogP contribution in [0.5, 0.6) is 5.75 Å². The van der Waals surface area contributed by atoms with Gasteiger partial charge < -0.3 is 10.1 Å². The molecule has 2 aromatic rings. The molecule has 3 rings (SSSR count). The molecule has 0 radical (unpaired) electrons. The van der Waals surface area contributed by atoms with Gasteiger partial charge in [-0.05, 0) is 68.7 Å². The third-order valence-corrected chi connectivity index (χ3v) is 7.21. The number of hydrogen-bond acceptors (Lipinski definition) is 4. The third-order valence-electron chi connectivity index (χ3n) is 5.35. The van der Waals surface area contributed by atoms with Crippen LogP contribution < -0.4 is 10.1 Å². The van der Waals surface area contributed by atoms with Gasteiger partial charge >= 0.3 is 0 Å². The molecule has 1 heterocycles. The largest absolute Gasteiger partial charge is 0.494 e. The fourth-order valence-electron chi connectivity index (χ4n) is 3.60. The minimum absolute atomic E-state index is 0.109. The van der Waals surface area contributed by atoms with Crippen molar-refractivity contribution < 1.29 is 22.3 Å². The van der Waals surface area contributed by atoms with E-state index in [9.17, 15) is 17.6 Å². The fraction of sp³-hybridized carbons (Fsp3) is 0.409. The molecule has 0 aliphatic carbocycles. The predicted octanol–water partition coefficient (Wildman–Crippen LogP) is 3.33. The van der Waals surface area contributed by atoms with E-state index >= 15 is 0 Å². The summed E-state index contributed by atoms with van der Waals surface area (Å²) in [6.07, 6.45) is 1.19. The van der Waals surface area contributed by atoms with Crippen LogP contribution in [0.2, 0.25) is 0 Å². The summed E-state index contributed by atoms with van der Waals surface area (Å²) in [5, 5.41) is 2.86. The van der Waals surface area contributed by atoms with E-state index in [4.69, 9.17) is 4.74 Å². The molecule has 0 bridgehead atoms. The van der Waals surface area contributed by atoms with Crippen molar-refractivity contribution in [2.45, 2.75) is 38.1 Å². The van der Waals surface area contributed by atoms with Crippen LogP contribution in [-0.4, -0.2) is 38.3 Å². The minimum Gasteiger partial charge on any atom is -0.494 e. The first-order chi connectivity index (χ1) is 14.2. The number of carbonyl (C=O) groups excluding carboxylic acids is 1. The smallest absolute Gasteiger partial charge is 0.243 e. The van der Waals surface area contributed by atoms with E-state index in [0.29, 0.717) is 31.7 Å². The highest BCUT2D eigenvalue weighted by Crippen LogP contribution is 2.33. The molecule has 1 aliphatic heterocycles. The van der Waals surface area contributed by atoms with Crippen molar-refractivity contribution in [3.63, 3.8) is 0 Å². The molecule has 0 aromatic heterocycles. The lowest BCUT2D eigenvalue weighted by Gasteiger charge is -2.38. The van der Waals surface area contributed by atoms with Crippen LogP contribution >= 0.6 is 0 Å². The number of rotatable bonds is 7. The number of piperidine rings is 1.